The quantitative estimate of drug-likeness (QED) is 0.749. The largest absolute Gasteiger partial charge is 0.365 e. The van der Waals surface area contributed by atoms with Gasteiger partial charge in [-0.15, -0.1) is 0 Å². The second-order valence-corrected chi connectivity index (χ2v) is 5.04. The van der Waals surface area contributed by atoms with E-state index in [0.717, 1.165) is 32.4 Å². The Bertz CT molecular complexity index is 243. The van der Waals surface area contributed by atoms with Crippen LogP contribution in [0.15, 0.2) is 0 Å². The van der Waals surface area contributed by atoms with Gasteiger partial charge in [-0.05, 0) is 39.2 Å². The van der Waals surface area contributed by atoms with Gasteiger partial charge < -0.3 is 15.4 Å². The van der Waals surface area contributed by atoms with E-state index in [1.165, 1.54) is 12.8 Å². The summed E-state index contributed by atoms with van der Waals surface area (Å²) in [5, 5.41) is 6.43. The van der Waals surface area contributed by atoms with Crippen molar-refractivity contribution in [3.8, 4) is 0 Å². The van der Waals surface area contributed by atoms with Crippen LogP contribution >= 0.6 is 0 Å². The molecule has 2 aliphatic rings. The fourth-order valence-corrected chi connectivity index (χ4v) is 2.46. The van der Waals surface area contributed by atoms with Crippen LogP contribution in [0.3, 0.4) is 0 Å². The summed E-state index contributed by atoms with van der Waals surface area (Å²) in [5.41, 5.74) is -0.575. The molecule has 0 bridgehead atoms. The van der Waals surface area contributed by atoms with Gasteiger partial charge in [0.05, 0.1) is 0 Å². The molecule has 2 atom stereocenters. The number of carbonyl (C=O) groups is 1. The topological polar surface area (TPSA) is 50.4 Å². The van der Waals surface area contributed by atoms with Crippen LogP contribution in [0.1, 0.15) is 39.0 Å². The van der Waals surface area contributed by atoms with E-state index in [1.807, 2.05) is 6.92 Å². The molecule has 0 radical (unpaired) electrons. The number of hydrogen-bond donors (Lipinski definition) is 2. The van der Waals surface area contributed by atoms with Gasteiger partial charge in [-0.3, -0.25) is 4.79 Å². The van der Waals surface area contributed by atoms with E-state index in [0.29, 0.717) is 12.6 Å². The number of ether oxygens (including phenoxy) is 1. The van der Waals surface area contributed by atoms with Gasteiger partial charge in [0, 0.05) is 19.2 Å². The van der Waals surface area contributed by atoms with Crippen molar-refractivity contribution in [1.82, 2.24) is 10.6 Å². The molecule has 0 aromatic carbocycles. The summed E-state index contributed by atoms with van der Waals surface area (Å²) in [6, 6.07) is 0.447. The van der Waals surface area contributed by atoms with Crippen molar-refractivity contribution in [3.63, 3.8) is 0 Å². The van der Waals surface area contributed by atoms with E-state index in [2.05, 4.69) is 10.6 Å². The number of amides is 1. The maximum atomic E-state index is 11.9. The molecule has 0 saturated carbocycles. The lowest BCUT2D eigenvalue weighted by atomic mass is 10.0. The normalized spacial score (nSPS) is 34.9. The van der Waals surface area contributed by atoms with Crippen molar-refractivity contribution < 1.29 is 9.53 Å². The van der Waals surface area contributed by atoms with Crippen LogP contribution in [0.5, 0.6) is 0 Å². The highest BCUT2D eigenvalue weighted by atomic mass is 16.5. The molecular weight excluding hydrogens is 204 g/mol. The minimum Gasteiger partial charge on any atom is -0.365 e. The Morgan fingerprint density at radius 1 is 1.50 bits per heavy atom. The Morgan fingerprint density at radius 2 is 2.38 bits per heavy atom. The van der Waals surface area contributed by atoms with E-state index in [1.54, 1.807) is 0 Å². The first kappa shape index (κ1) is 11.9. The van der Waals surface area contributed by atoms with Crippen molar-refractivity contribution in [1.29, 1.82) is 0 Å². The van der Waals surface area contributed by atoms with Crippen molar-refractivity contribution in [2.75, 3.05) is 19.7 Å². The van der Waals surface area contributed by atoms with Gasteiger partial charge >= 0.3 is 0 Å². The molecule has 0 aromatic rings. The third-order valence-electron chi connectivity index (χ3n) is 3.62. The standard InChI is InChI=1S/C12H22N2O2/c1-12(6-4-8-16-12)11(15)14-9-10-5-2-3-7-13-10/h10,13H,2-9H2,1H3,(H,14,15). The Balaban J connectivity index is 1.74. The highest BCUT2D eigenvalue weighted by Crippen LogP contribution is 2.24. The maximum absolute atomic E-state index is 11.9. The zero-order valence-corrected chi connectivity index (χ0v) is 10.1. The lowest BCUT2D eigenvalue weighted by Crippen LogP contribution is -2.49. The van der Waals surface area contributed by atoms with Crippen LogP contribution in [-0.4, -0.2) is 37.2 Å². The molecule has 16 heavy (non-hydrogen) atoms. The number of carbonyl (C=O) groups excluding carboxylic acids is 1. The molecular formula is C12H22N2O2. The molecule has 2 heterocycles. The first-order chi connectivity index (χ1) is 7.71. The molecule has 4 heteroatoms. The van der Waals surface area contributed by atoms with Crippen LogP contribution in [0, 0.1) is 0 Å². The smallest absolute Gasteiger partial charge is 0.252 e. The van der Waals surface area contributed by atoms with Crippen LogP contribution in [0.2, 0.25) is 0 Å². The summed E-state index contributed by atoms with van der Waals surface area (Å²) in [5.74, 6) is 0.0531. The Labute approximate surface area is 97.1 Å². The van der Waals surface area contributed by atoms with Gasteiger partial charge in [-0.1, -0.05) is 6.42 Å². The molecule has 0 aromatic heterocycles. The third-order valence-corrected chi connectivity index (χ3v) is 3.62. The van der Waals surface area contributed by atoms with Crippen LogP contribution in [-0.2, 0) is 9.53 Å². The summed E-state index contributed by atoms with van der Waals surface area (Å²) in [6.45, 7) is 4.42. The van der Waals surface area contributed by atoms with Gasteiger partial charge in [-0.2, -0.15) is 0 Å². The summed E-state index contributed by atoms with van der Waals surface area (Å²) >= 11 is 0. The van der Waals surface area contributed by atoms with Gasteiger partial charge in [0.25, 0.3) is 5.91 Å². The lowest BCUT2D eigenvalue weighted by molar-refractivity contribution is -0.139. The SMILES string of the molecule is CC1(C(=O)NCC2CCCCN2)CCCO1. The lowest BCUT2D eigenvalue weighted by Gasteiger charge is -2.27. The van der Waals surface area contributed by atoms with Crippen molar-refractivity contribution in [3.05, 3.63) is 0 Å². The molecule has 92 valence electrons. The molecule has 1 amide bonds. The predicted molar refractivity (Wildman–Crippen MR) is 62.2 cm³/mol. The summed E-state index contributed by atoms with van der Waals surface area (Å²) in [6.07, 6.45) is 5.52. The van der Waals surface area contributed by atoms with Crippen LogP contribution < -0.4 is 10.6 Å². The molecule has 4 nitrogen and oxygen atoms in total. The van der Waals surface area contributed by atoms with Gasteiger partial charge in [0.1, 0.15) is 5.60 Å². The first-order valence-electron chi connectivity index (χ1n) is 6.36. The van der Waals surface area contributed by atoms with Crippen molar-refractivity contribution >= 4 is 5.91 Å². The molecule has 0 aliphatic carbocycles. The number of piperidine rings is 1. The Hall–Kier alpha value is -0.610. The van der Waals surface area contributed by atoms with E-state index in [4.69, 9.17) is 4.74 Å². The van der Waals surface area contributed by atoms with Crippen LogP contribution in [0.4, 0.5) is 0 Å². The Kier molecular flexibility index (Phi) is 3.82. The highest BCUT2D eigenvalue weighted by molar-refractivity contribution is 5.85. The van der Waals surface area contributed by atoms with E-state index in [-0.39, 0.29) is 5.91 Å². The maximum Gasteiger partial charge on any atom is 0.252 e. The van der Waals surface area contributed by atoms with E-state index < -0.39 is 5.60 Å². The molecule has 2 fully saturated rings. The monoisotopic (exact) mass is 226 g/mol. The first-order valence-corrected chi connectivity index (χ1v) is 6.36. The summed E-state index contributed by atoms with van der Waals surface area (Å²) in [7, 11) is 0. The van der Waals surface area contributed by atoms with E-state index >= 15 is 0 Å². The number of rotatable bonds is 3. The fourth-order valence-electron chi connectivity index (χ4n) is 2.46. The fraction of sp³-hybridized carbons (Fsp3) is 0.917. The summed E-state index contributed by atoms with van der Waals surface area (Å²) in [4.78, 5) is 11.9. The minimum absolute atomic E-state index is 0.0531. The van der Waals surface area contributed by atoms with Crippen LogP contribution in [0.25, 0.3) is 0 Å². The average Bonchev–Trinajstić information content (AvgIpc) is 2.76. The predicted octanol–water partition coefficient (Wildman–Crippen LogP) is 0.814. The van der Waals surface area contributed by atoms with Gasteiger partial charge in [0.2, 0.25) is 0 Å². The zero-order chi connectivity index (χ0) is 11.4. The zero-order valence-electron chi connectivity index (χ0n) is 10.1. The molecule has 2 aliphatic heterocycles. The summed E-state index contributed by atoms with van der Waals surface area (Å²) < 4.78 is 5.51. The second kappa shape index (κ2) is 5.15. The van der Waals surface area contributed by atoms with Crippen molar-refractivity contribution in [2.45, 2.75) is 50.7 Å². The number of nitrogens with one attached hydrogen (secondary N) is 2. The molecule has 2 unspecified atom stereocenters. The Morgan fingerprint density at radius 3 is 3.00 bits per heavy atom. The van der Waals surface area contributed by atoms with Crippen molar-refractivity contribution in [2.24, 2.45) is 0 Å². The molecule has 2 rings (SSSR count). The molecule has 0 spiro atoms. The average molecular weight is 226 g/mol. The highest BCUT2D eigenvalue weighted by Gasteiger charge is 2.37. The number of hydrogen-bond acceptors (Lipinski definition) is 3. The second-order valence-electron chi connectivity index (χ2n) is 5.04. The van der Waals surface area contributed by atoms with Gasteiger partial charge in [0.15, 0.2) is 0 Å². The molecule has 2 N–H and O–H groups in total. The van der Waals surface area contributed by atoms with E-state index in [9.17, 15) is 4.79 Å². The molecule has 2 saturated heterocycles. The minimum atomic E-state index is -0.575. The third kappa shape index (κ3) is 2.74. The van der Waals surface area contributed by atoms with Gasteiger partial charge in [-0.25, -0.2) is 0 Å².